The fraction of sp³-hybridized carbons (Fsp3) is 0.667. The Morgan fingerprint density at radius 2 is 2.05 bits per heavy atom. The van der Waals surface area contributed by atoms with Crippen LogP contribution in [0.2, 0.25) is 0 Å². The Bertz CT molecular complexity index is 643. The Labute approximate surface area is 136 Å². The van der Waals surface area contributed by atoms with Gasteiger partial charge in [-0.3, -0.25) is 4.74 Å². The third-order valence-electron chi connectivity index (χ3n) is 3.26. The van der Waals surface area contributed by atoms with E-state index in [0.29, 0.717) is 6.42 Å². The van der Waals surface area contributed by atoms with E-state index in [1.54, 1.807) is 0 Å². The summed E-state index contributed by atoms with van der Waals surface area (Å²) in [5, 5.41) is 1.72. The second-order valence-corrected chi connectivity index (χ2v) is 7.78. The van der Waals surface area contributed by atoms with Crippen molar-refractivity contribution in [2.75, 3.05) is 6.61 Å². The lowest BCUT2D eigenvalue weighted by Gasteiger charge is -2.19. The molecule has 0 spiro atoms. The Morgan fingerprint density at radius 3 is 2.64 bits per heavy atom. The molecule has 0 bridgehead atoms. The Hall–Kier alpha value is -0.820. The fourth-order valence-electron chi connectivity index (χ4n) is 2.45. The van der Waals surface area contributed by atoms with Crippen molar-refractivity contribution >= 4 is 28.1 Å². The third-order valence-corrected chi connectivity index (χ3v) is 3.90. The quantitative estimate of drug-likeness (QED) is 0.751. The van der Waals surface area contributed by atoms with Crippen LogP contribution in [0.25, 0.3) is 12.2 Å². The fourth-order valence-corrected chi connectivity index (χ4v) is 2.88. The van der Waals surface area contributed by atoms with Crippen LogP contribution in [0.4, 0.5) is 13.2 Å². The summed E-state index contributed by atoms with van der Waals surface area (Å²) in [6.45, 7) is 5.98. The second kappa shape index (κ2) is 6.35. The normalized spacial score (nSPS) is 18.6. The summed E-state index contributed by atoms with van der Waals surface area (Å²) in [7, 11) is 0. The van der Waals surface area contributed by atoms with Crippen molar-refractivity contribution in [3.05, 3.63) is 16.5 Å². The molecule has 0 N–H and O–H groups in total. The molecule has 1 aromatic rings. The third kappa shape index (κ3) is 4.84. The van der Waals surface area contributed by atoms with Crippen LogP contribution in [-0.2, 0) is 17.7 Å². The molecule has 1 aromatic heterocycles. The predicted octanol–water partition coefficient (Wildman–Crippen LogP) is 2.74. The predicted molar refractivity (Wildman–Crippen MR) is 82.9 cm³/mol. The average Bonchev–Trinajstić information content (AvgIpc) is 2.62. The number of rotatable bonds is 4. The van der Waals surface area contributed by atoms with Crippen LogP contribution in [-0.4, -0.2) is 27.3 Å². The summed E-state index contributed by atoms with van der Waals surface area (Å²) in [5.41, 5.74) is 0.00435. The van der Waals surface area contributed by atoms with Gasteiger partial charge in [-0.15, -0.1) is 13.2 Å². The maximum Gasteiger partial charge on any atom is 0.522 e. The SMILES string of the molecule is CC(C)(C)Cc1nc2c(n1CCOC(F)(F)F)=CCC(Br)C=2. The van der Waals surface area contributed by atoms with Crippen LogP contribution in [0, 0.1) is 5.41 Å². The molecule has 22 heavy (non-hydrogen) atoms. The molecule has 1 aliphatic carbocycles. The average molecular weight is 381 g/mol. The first-order chi connectivity index (χ1) is 10.1. The lowest BCUT2D eigenvalue weighted by molar-refractivity contribution is -0.325. The van der Waals surface area contributed by atoms with E-state index in [1.165, 1.54) is 0 Å². The van der Waals surface area contributed by atoms with Gasteiger partial charge < -0.3 is 4.57 Å². The minimum atomic E-state index is -4.60. The molecule has 0 saturated heterocycles. The van der Waals surface area contributed by atoms with Gasteiger partial charge in [0.05, 0.1) is 17.3 Å². The first kappa shape index (κ1) is 17.5. The molecule has 0 radical (unpaired) electrons. The van der Waals surface area contributed by atoms with Crippen molar-refractivity contribution in [3.8, 4) is 0 Å². The molecule has 1 aliphatic rings. The molecular formula is C15H20BrF3N2O. The molecule has 1 heterocycles. The van der Waals surface area contributed by atoms with Crippen molar-refractivity contribution in [2.45, 2.75) is 51.3 Å². The van der Waals surface area contributed by atoms with E-state index in [4.69, 9.17) is 0 Å². The zero-order chi connectivity index (χ0) is 16.5. The van der Waals surface area contributed by atoms with Crippen LogP contribution in [0.1, 0.15) is 33.0 Å². The van der Waals surface area contributed by atoms with Gasteiger partial charge in [0, 0.05) is 17.8 Å². The van der Waals surface area contributed by atoms with Crippen LogP contribution in [0.3, 0.4) is 0 Å². The number of ether oxygens (including phenoxy) is 1. The van der Waals surface area contributed by atoms with E-state index in [1.807, 2.05) is 16.7 Å². The van der Waals surface area contributed by atoms with Gasteiger partial charge in [-0.2, -0.15) is 0 Å². The molecule has 0 aromatic carbocycles. The molecule has 0 aliphatic heterocycles. The van der Waals surface area contributed by atoms with Gasteiger partial charge in [0.1, 0.15) is 5.82 Å². The Morgan fingerprint density at radius 1 is 1.36 bits per heavy atom. The molecule has 0 amide bonds. The highest BCUT2D eigenvalue weighted by Gasteiger charge is 2.29. The zero-order valence-electron chi connectivity index (χ0n) is 12.9. The van der Waals surface area contributed by atoms with E-state index in [0.717, 1.165) is 22.9 Å². The summed E-state index contributed by atoms with van der Waals surface area (Å²) < 4.78 is 42.3. The van der Waals surface area contributed by atoms with Gasteiger partial charge in [0.25, 0.3) is 0 Å². The van der Waals surface area contributed by atoms with E-state index in [-0.39, 0.29) is 16.8 Å². The van der Waals surface area contributed by atoms with Gasteiger partial charge in [-0.05, 0) is 17.9 Å². The van der Waals surface area contributed by atoms with Crippen LogP contribution in [0.15, 0.2) is 0 Å². The molecule has 1 unspecified atom stereocenters. The van der Waals surface area contributed by atoms with E-state index < -0.39 is 13.0 Å². The largest absolute Gasteiger partial charge is 0.522 e. The number of fused-ring (bicyclic) bond motifs is 1. The van der Waals surface area contributed by atoms with E-state index in [2.05, 4.69) is 46.4 Å². The van der Waals surface area contributed by atoms with Gasteiger partial charge in [0.2, 0.25) is 0 Å². The molecule has 0 saturated carbocycles. The highest BCUT2D eigenvalue weighted by atomic mass is 79.9. The van der Waals surface area contributed by atoms with Crippen molar-refractivity contribution < 1.29 is 17.9 Å². The van der Waals surface area contributed by atoms with Crippen molar-refractivity contribution in [3.63, 3.8) is 0 Å². The number of hydrogen-bond acceptors (Lipinski definition) is 2. The zero-order valence-corrected chi connectivity index (χ0v) is 14.5. The molecular weight excluding hydrogens is 361 g/mol. The molecule has 124 valence electrons. The van der Waals surface area contributed by atoms with Crippen molar-refractivity contribution in [1.82, 2.24) is 9.55 Å². The maximum atomic E-state index is 12.2. The summed E-state index contributed by atoms with van der Waals surface area (Å²) in [4.78, 5) is 4.83. The van der Waals surface area contributed by atoms with Crippen molar-refractivity contribution in [2.24, 2.45) is 5.41 Å². The minimum absolute atomic E-state index is 0.00435. The van der Waals surface area contributed by atoms with E-state index in [9.17, 15) is 13.2 Å². The topological polar surface area (TPSA) is 27.1 Å². The summed E-state index contributed by atoms with van der Waals surface area (Å²) in [6.07, 6.45) is 0.917. The van der Waals surface area contributed by atoms with Gasteiger partial charge in [0.15, 0.2) is 0 Å². The first-order valence-corrected chi connectivity index (χ1v) is 8.09. The van der Waals surface area contributed by atoms with Crippen LogP contribution < -0.4 is 10.7 Å². The lowest BCUT2D eigenvalue weighted by atomic mass is 9.92. The minimum Gasteiger partial charge on any atom is -0.326 e. The summed E-state index contributed by atoms with van der Waals surface area (Å²) in [6, 6.07) is 0. The van der Waals surface area contributed by atoms with Crippen molar-refractivity contribution in [1.29, 1.82) is 0 Å². The molecule has 1 atom stereocenters. The number of halogens is 4. The number of hydrogen-bond donors (Lipinski definition) is 0. The number of nitrogens with zero attached hydrogens (tertiary/aromatic N) is 2. The molecule has 7 heteroatoms. The summed E-state index contributed by atoms with van der Waals surface area (Å²) >= 11 is 3.52. The number of aromatic nitrogens is 2. The monoisotopic (exact) mass is 380 g/mol. The maximum absolute atomic E-state index is 12.2. The Balaban J connectivity index is 2.31. The molecule has 2 rings (SSSR count). The highest BCUT2D eigenvalue weighted by Crippen LogP contribution is 2.20. The van der Waals surface area contributed by atoms with Crippen LogP contribution in [0.5, 0.6) is 0 Å². The van der Waals surface area contributed by atoms with Crippen LogP contribution >= 0.6 is 15.9 Å². The van der Waals surface area contributed by atoms with Gasteiger partial charge in [-0.25, -0.2) is 4.98 Å². The lowest BCUT2D eigenvalue weighted by Crippen LogP contribution is -2.35. The first-order valence-electron chi connectivity index (χ1n) is 7.17. The number of alkyl halides is 4. The standard InChI is InChI=1S/C15H20BrF3N2O/c1-14(2,3)9-13-20-11-8-10(16)4-5-12(11)21(13)6-7-22-15(17,18)19/h5,8,10H,4,6-7,9H2,1-3H3. The van der Waals surface area contributed by atoms with Gasteiger partial charge in [-0.1, -0.05) is 42.8 Å². The Kier molecular flexibility index (Phi) is 5.06. The highest BCUT2D eigenvalue weighted by molar-refractivity contribution is 9.09. The molecule has 3 nitrogen and oxygen atoms in total. The van der Waals surface area contributed by atoms with Gasteiger partial charge >= 0.3 is 6.36 Å². The second-order valence-electron chi connectivity index (χ2n) is 6.60. The smallest absolute Gasteiger partial charge is 0.326 e. The number of imidazole rings is 1. The van der Waals surface area contributed by atoms with E-state index >= 15 is 0 Å². The summed E-state index contributed by atoms with van der Waals surface area (Å²) in [5.74, 6) is 0.803. The molecule has 0 fully saturated rings.